The average molecular weight is 181 g/mol. The van der Waals surface area contributed by atoms with Crippen molar-refractivity contribution < 1.29 is 9.90 Å². The van der Waals surface area contributed by atoms with Gasteiger partial charge < -0.3 is 10.8 Å². The summed E-state index contributed by atoms with van der Waals surface area (Å²) in [5.41, 5.74) is 6.58. The van der Waals surface area contributed by atoms with E-state index in [-0.39, 0.29) is 0 Å². The Bertz CT molecular complexity index is 256. The highest BCUT2D eigenvalue weighted by Gasteiger charge is 2.17. The Hall–Kier alpha value is -1.09. The van der Waals surface area contributed by atoms with Crippen molar-refractivity contribution in [1.29, 1.82) is 0 Å². The van der Waals surface area contributed by atoms with Crippen LogP contribution in [-0.2, 0) is 4.79 Å². The number of aliphatic carboxylic acids is 1. The van der Waals surface area contributed by atoms with Crippen molar-refractivity contribution >= 4 is 5.97 Å². The zero-order valence-electron chi connectivity index (χ0n) is 7.73. The molecule has 0 aliphatic heterocycles. The van der Waals surface area contributed by atoms with Crippen molar-refractivity contribution in [2.75, 3.05) is 0 Å². The molecule has 1 rings (SSSR count). The number of nitrogens with two attached hydrogens (primary N) is 1. The van der Waals surface area contributed by atoms with Gasteiger partial charge in [-0.2, -0.15) is 0 Å². The molecule has 0 amide bonds. The minimum atomic E-state index is -0.928. The molecule has 0 saturated carbocycles. The van der Waals surface area contributed by atoms with E-state index in [1.165, 1.54) is 0 Å². The number of rotatable bonds is 3. The number of carboxylic acids is 1. The van der Waals surface area contributed by atoms with Crippen LogP contribution in [0.4, 0.5) is 0 Å². The molecular weight excluding hydrogens is 166 g/mol. The van der Waals surface area contributed by atoms with Gasteiger partial charge in [0, 0.05) is 0 Å². The van der Waals surface area contributed by atoms with Crippen molar-refractivity contribution in [1.82, 2.24) is 0 Å². The highest BCUT2D eigenvalue weighted by atomic mass is 16.4. The molecule has 0 fully saturated rings. The molecule has 0 saturated heterocycles. The maximum Gasteiger partial charge on any atom is 0.320 e. The normalized spacial score (nSPS) is 23.8. The second-order valence-corrected chi connectivity index (χ2v) is 3.46. The SMILES string of the molecule is CC1CC=CC=C1C[C@H](N)C(=O)O. The zero-order valence-corrected chi connectivity index (χ0v) is 7.73. The van der Waals surface area contributed by atoms with Gasteiger partial charge in [-0.05, 0) is 18.8 Å². The summed E-state index contributed by atoms with van der Waals surface area (Å²) in [6, 6.07) is -0.764. The number of hydrogen-bond acceptors (Lipinski definition) is 2. The number of carbonyl (C=O) groups is 1. The van der Waals surface area contributed by atoms with Crippen molar-refractivity contribution in [2.24, 2.45) is 11.7 Å². The molecule has 1 unspecified atom stereocenters. The van der Waals surface area contributed by atoms with Crippen LogP contribution in [0.3, 0.4) is 0 Å². The summed E-state index contributed by atoms with van der Waals surface area (Å²) in [5, 5.41) is 8.63. The predicted octanol–water partition coefficient (Wildman–Crippen LogP) is 1.31. The quantitative estimate of drug-likeness (QED) is 0.690. The highest BCUT2D eigenvalue weighted by Crippen LogP contribution is 2.23. The van der Waals surface area contributed by atoms with E-state index in [1.807, 2.05) is 12.2 Å². The molecule has 13 heavy (non-hydrogen) atoms. The van der Waals surface area contributed by atoms with E-state index in [1.54, 1.807) is 0 Å². The molecule has 72 valence electrons. The smallest absolute Gasteiger partial charge is 0.320 e. The molecule has 3 nitrogen and oxygen atoms in total. The van der Waals surface area contributed by atoms with Crippen LogP contribution in [0.15, 0.2) is 23.8 Å². The Labute approximate surface area is 77.9 Å². The summed E-state index contributed by atoms with van der Waals surface area (Å²) in [6.45, 7) is 2.09. The van der Waals surface area contributed by atoms with Gasteiger partial charge in [0.25, 0.3) is 0 Å². The molecule has 2 atom stereocenters. The van der Waals surface area contributed by atoms with Crippen LogP contribution >= 0.6 is 0 Å². The lowest BCUT2D eigenvalue weighted by atomic mass is 9.89. The first-order valence-corrected chi connectivity index (χ1v) is 4.45. The van der Waals surface area contributed by atoms with Crippen LogP contribution in [0.1, 0.15) is 19.8 Å². The van der Waals surface area contributed by atoms with E-state index >= 15 is 0 Å². The summed E-state index contributed by atoms with van der Waals surface area (Å²) in [5.74, 6) is -0.502. The number of allylic oxidation sites excluding steroid dienone is 3. The first kappa shape index (κ1) is 9.99. The standard InChI is InChI=1S/C10H15NO2/c1-7-4-2-3-5-8(7)6-9(11)10(12)13/h2-3,5,7,9H,4,6,11H2,1H3,(H,12,13)/t7?,9-/m0/s1. The van der Waals surface area contributed by atoms with Crippen LogP contribution in [-0.4, -0.2) is 17.1 Å². The molecule has 3 heteroatoms. The van der Waals surface area contributed by atoms with Crippen molar-refractivity contribution in [2.45, 2.75) is 25.8 Å². The molecular formula is C10H15NO2. The Morgan fingerprint density at radius 3 is 3.08 bits per heavy atom. The van der Waals surface area contributed by atoms with Gasteiger partial charge in [-0.15, -0.1) is 0 Å². The summed E-state index contributed by atoms with van der Waals surface area (Å²) in [7, 11) is 0. The predicted molar refractivity (Wildman–Crippen MR) is 51.2 cm³/mol. The third-order valence-electron chi connectivity index (χ3n) is 2.34. The molecule has 0 radical (unpaired) electrons. The maximum absolute atomic E-state index is 10.5. The summed E-state index contributed by atoms with van der Waals surface area (Å²) in [6.07, 6.45) is 7.46. The van der Waals surface area contributed by atoms with Crippen molar-refractivity contribution in [3.8, 4) is 0 Å². The third kappa shape index (κ3) is 2.70. The van der Waals surface area contributed by atoms with Gasteiger partial charge >= 0.3 is 5.97 Å². The van der Waals surface area contributed by atoms with Crippen LogP contribution in [0.25, 0.3) is 0 Å². The summed E-state index contributed by atoms with van der Waals surface area (Å²) >= 11 is 0. The monoisotopic (exact) mass is 181 g/mol. The fourth-order valence-corrected chi connectivity index (χ4v) is 1.40. The summed E-state index contributed by atoms with van der Waals surface area (Å²) < 4.78 is 0. The van der Waals surface area contributed by atoms with E-state index in [9.17, 15) is 4.79 Å². The van der Waals surface area contributed by atoms with Gasteiger partial charge in [-0.25, -0.2) is 0 Å². The van der Waals surface area contributed by atoms with Gasteiger partial charge in [0.1, 0.15) is 6.04 Å². The van der Waals surface area contributed by atoms with E-state index in [0.29, 0.717) is 12.3 Å². The first-order valence-electron chi connectivity index (χ1n) is 4.45. The molecule has 0 aromatic rings. The second-order valence-electron chi connectivity index (χ2n) is 3.46. The molecule has 0 heterocycles. The topological polar surface area (TPSA) is 63.3 Å². The number of hydrogen-bond donors (Lipinski definition) is 2. The van der Waals surface area contributed by atoms with E-state index in [4.69, 9.17) is 10.8 Å². The molecule has 0 aromatic carbocycles. The fraction of sp³-hybridized carbons (Fsp3) is 0.500. The van der Waals surface area contributed by atoms with Crippen LogP contribution in [0.2, 0.25) is 0 Å². The van der Waals surface area contributed by atoms with Crippen molar-refractivity contribution in [3.63, 3.8) is 0 Å². The average Bonchev–Trinajstić information content (AvgIpc) is 2.08. The van der Waals surface area contributed by atoms with Gasteiger partial charge in [-0.3, -0.25) is 4.79 Å². The lowest BCUT2D eigenvalue weighted by Crippen LogP contribution is -2.31. The van der Waals surface area contributed by atoms with E-state index in [0.717, 1.165) is 12.0 Å². The lowest BCUT2D eigenvalue weighted by Gasteiger charge is -2.18. The highest BCUT2D eigenvalue weighted by molar-refractivity contribution is 5.73. The van der Waals surface area contributed by atoms with Gasteiger partial charge in [0.2, 0.25) is 0 Å². The minimum absolute atomic E-state index is 0.426. The molecule has 0 aromatic heterocycles. The minimum Gasteiger partial charge on any atom is -0.480 e. The zero-order chi connectivity index (χ0) is 9.84. The second kappa shape index (κ2) is 4.23. The molecule has 1 aliphatic rings. The Balaban J connectivity index is 2.57. The molecule has 0 bridgehead atoms. The Morgan fingerprint density at radius 1 is 1.85 bits per heavy atom. The van der Waals surface area contributed by atoms with E-state index in [2.05, 4.69) is 13.0 Å². The molecule has 0 spiro atoms. The van der Waals surface area contributed by atoms with Gasteiger partial charge in [0.05, 0.1) is 0 Å². The molecule has 1 aliphatic carbocycles. The fourth-order valence-electron chi connectivity index (χ4n) is 1.40. The van der Waals surface area contributed by atoms with Crippen LogP contribution in [0.5, 0.6) is 0 Å². The number of carboxylic acid groups (broad SMARTS) is 1. The molecule has 3 N–H and O–H groups in total. The van der Waals surface area contributed by atoms with E-state index < -0.39 is 12.0 Å². The maximum atomic E-state index is 10.5. The summed E-state index contributed by atoms with van der Waals surface area (Å²) in [4.78, 5) is 10.5. The third-order valence-corrected chi connectivity index (χ3v) is 2.34. The van der Waals surface area contributed by atoms with Gasteiger partial charge in [0.15, 0.2) is 0 Å². The van der Waals surface area contributed by atoms with Crippen LogP contribution < -0.4 is 5.73 Å². The Kier molecular flexibility index (Phi) is 3.25. The van der Waals surface area contributed by atoms with Crippen molar-refractivity contribution in [3.05, 3.63) is 23.8 Å². The largest absolute Gasteiger partial charge is 0.480 e. The lowest BCUT2D eigenvalue weighted by molar-refractivity contribution is -0.138. The van der Waals surface area contributed by atoms with Crippen LogP contribution in [0, 0.1) is 5.92 Å². The first-order chi connectivity index (χ1) is 6.11. The Morgan fingerprint density at radius 2 is 2.54 bits per heavy atom. The van der Waals surface area contributed by atoms with Gasteiger partial charge in [-0.1, -0.05) is 30.7 Å².